The van der Waals surface area contributed by atoms with Gasteiger partial charge in [0.25, 0.3) is 5.91 Å². The third kappa shape index (κ3) is 2.79. The molecule has 3 nitrogen and oxygen atoms in total. The van der Waals surface area contributed by atoms with Gasteiger partial charge in [-0.1, -0.05) is 17.7 Å². The van der Waals surface area contributed by atoms with E-state index in [0.717, 1.165) is 0 Å². The molecular formula is C13H17ClN2O. The van der Waals surface area contributed by atoms with E-state index in [9.17, 15) is 4.79 Å². The van der Waals surface area contributed by atoms with Gasteiger partial charge in [-0.3, -0.25) is 4.79 Å². The Hall–Kier alpha value is -1.06. The highest BCUT2D eigenvalue weighted by Gasteiger charge is 2.34. The molecule has 1 atom stereocenters. The average molecular weight is 253 g/mol. The summed E-state index contributed by atoms with van der Waals surface area (Å²) in [6.07, 6.45) is 2.35. The van der Waals surface area contributed by atoms with Gasteiger partial charge in [-0.05, 0) is 37.0 Å². The highest BCUT2D eigenvalue weighted by atomic mass is 35.5. The van der Waals surface area contributed by atoms with Gasteiger partial charge in [0, 0.05) is 30.2 Å². The van der Waals surface area contributed by atoms with E-state index in [1.165, 1.54) is 12.8 Å². The van der Waals surface area contributed by atoms with Gasteiger partial charge < -0.3 is 10.6 Å². The molecule has 0 spiro atoms. The summed E-state index contributed by atoms with van der Waals surface area (Å²) in [7, 11) is 1.82. The van der Waals surface area contributed by atoms with Crippen LogP contribution in [0.2, 0.25) is 5.02 Å². The Morgan fingerprint density at radius 2 is 2.29 bits per heavy atom. The number of hydrogen-bond acceptors (Lipinski definition) is 2. The molecule has 0 radical (unpaired) electrons. The zero-order valence-electron chi connectivity index (χ0n) is 9.90. The number of likely N-dealkylation sites (N-methyl/N-ethyl adjacent to an activating group) is 1. The lowest BCUT2D eigenvalue weighted by molar-refractivity contribution is 0.0718. The van der Waals surface area contributed by atoms with E-state index in [2.05, 4.69) is 0 Å². The minimum Gasteiger partial charge on any atom is -0.337 e. The predicted molar refractivity (Wildman–Crippen MR) is 69.1 cm³/mol. The summed E-state index contributed by atoms with van der Waals surface area (Å²) >= 11 is 5.89. The van der Waals surface area contributed by atoms with E-state index >= 15 is 0 Å². The number of carbonyl (C=O) groups excluding carboxylic acids is 1. The first-order chi connectivity index (χ1) is 8.13. The lowest BCUT2D eigenvalue weighted by Crippen LogP contribution is -2.43. The van der Waals surface area contributed by atoms with E-state index in [4.69, 9.17) is 17.3 Å². The first-order valence-corrected chi connectivity index (χ1v) is 6.24. The fraction of sp³-hybridized carbons (Fsp3) is 0.462. The molecule has 4 heteroatoms. The maximum atomic E-state index is 12.2. The van der Waals surface area contributed by atoms with Gasteiger partial charge in [0.1, 0.15) is 0 Å². The second-order valence-corrected chi connectivity index (χ2v) is 5.00. The highest BCUT2D eigenvalue weighted by molar-refractivity contribution is 6.30. The molecule has 1 aliphatic carbocycles. The molecule has 17 heavy (non-hydrogen) atoms. The molecule has 0 saturated heterocycles. The predicted octanol–water partition coefficient (Wildman–Crippen LogP) is 2.15. The zero-order chi connectivity index (χ0) is 12.4. The molecule has 2 N–H and O–H groups in total. The molecule has 0 aliphatic heterocycles. The lowest BCUT2D eigenvalue weighted by Gasteiger charge is -2.27. The fourth-order valence-corrected chi connectivity index (χ4v) is 2.31. The van der Waals surface area contributed by atoms with Crippen molar-refractivity contribution in [1.29, 1.82) is 0 Å². The number of carbonyl (C=O) groups is 1. The number of rotatable bonds is 4. The van der Waals surface area contributed by atoms with Gasteiger partial charge in [-0.25, -0.2) is 0 Å². The molecule has 0 bridgehead atoms. The number of halogens is 1. The van der Waals surface area contributed by atoms with E-state index in [1.807, 2.05) is 7.05 Å². The summed E-state index contributed by atoms with van der Waals surface area (Å²) in [6, 6.07) is 7.19. The maximum absolute atomic E-state index is 12.2. The van der Waals surface area contributed by atoms with Crippen molar-refractivity contribution in [2.45, 2.75) is 18.9 Å². The van der Waals surface area contributed by atoms with Gasteiger partial charge in [-0.15, -0.1) is 0 Å². The molecule has 1 unspecified atom stereocenters. The third-order valence-electron chi connectivity index (χ3n) is 3.30. The summed E-state index contributed by atoms with van der Waals surface area (Å²) in [5.41, 5.74) is 6.36. The number of nitrogens with two attached hydrogens (primary N) is 1. The van der Waals surface area contributed by atoms with Crippen LogP contribution in [-0.2, 0) is 0 Å². The quantitative estimate of drug-likeness (QED) is 0.893. The van der Waals surface area contributed by atoms with Gasteiger partial charge in [-0.2, -0.15) is 0 Å². The van der Waals surface area contributed by atoms with Crippen LogP contribution in [-0.4, -0.2) is 30.4 Å². The monoisotopic (exact) mass is 252 g/mol. The Labute approximate surface area is 107 Å². The number of nitrogens with zero attached hydrogens (tertiary/aromatic N) is 1. The van der Waals surface area contributed by atoms with Crippen LogP contribution in [0.1, 0.15) is 23.2 Å². The molecule has 1 aromatic rings. The second kappa shape index (κ2) is 5.07. The molecule has 1 amide bonds. The third-order valence-corrected chi connectivity index (χ3v) is 3.53. The van der Waals surface area contributed by atoms with Gasteiger partial charge in [0.2, 0.25) is 0 Å². The normalized spacial score (nSPS) is 16.6. The van der Waals surface area contributed by atoms with Crippen molar-refractivity contribution in [3.63, 3.8) is 0 Å². The van der Waals surface area contributed by atoms with E-state index < -0.39 is 0 Å². The van der Waals surface area contributed by atoms with Gasteiger partial charge in [0.05, 0.1) is 0 Å². The molecule has 1 aliphatic rings. The van der Waals surface area contributed by atoms with Crippen LogP contribution >= 0.6 is 11.6 Å². The van der Waals surface area contributed by atoms with Crippen molar-refractivity contribution in [2.75, 3.05) is 13.6 Å². The Bertz CT molecular complexity index is 418. The maximum Gasteiger partial charge on any atom is 0.253 e. The van der Waals surface area contributed by atoms with Crippen molar-refractivity contribution in [2.24, 2.45) is 11.7 Å². The molecule has 1 saturated carbocycles. The van der Waals surface area contributed by atoms with Crippen LogP contribution in [0.3, 0.4) is 0 Å². The minimum absolute atomic E-state index is 0.00477. The molecule has 1 aromatic carbocycles. The summed E-state index contributed by atoms with van der Waals surface area (Å²) in [4.78, 5) is 14.0. The Balaban J connectivity index is 2.13. The van der Waals surface area contributed by atoms with Crippen LogP contribution in [0.15, 0.2) is 24.3 Å². The van der Waals surface area contributed by atoms with Gasteiger partial charge in [0.15, 0.2) is 0 Å². The van der Waals surface area contributed by atoms with Crippen molar-refractivity contribution < 1.29 is 4.79 Å². The molecule has 1 fully saturated rings. The number of amides is 1. The van der Waals surface area contributed by atoms with Crippen LogP contribution < -0.4 is 5.73 Å². The summed E-state index contributed by atoms with van der Waals surface area (Å²) in [5.74, 6) is 0.572. The standard InChI is InChI=1S/C13H17ClN2O/c1-16(12(8-15)9-5-6-9)13(17)10-3-2-4-11(14)7-10/h2-4,7,9,12H,5-6,8,15H2,1H3. The average Bonchev–Trinajstić information content (AvgIpc) is 3.13. The van der Waals surface area contributed by atoms with Crippen molar-refractivity contribution in [1.82, 2.24) is 4.90 Å². The molecule has 2 rings (SSSR count). The van der Waals surface area contributed by atoms with E-state index in [0.29, 0.717) is 23.0 Å². The van der Waals surface area contributed by atoms with Crippen LogP contribution in [0.4, 0.5) is 0 Å². The van der Waals surface area contributed by atoms with E-state index in [-0.39, 0.29) is 11.9 Å². The number of benzene rings is 1. The second-order valence-electron chi connectivity index (χ2n) is 4.57. The highest BCUT2D eigenvalue weighted by Crippen LogP contribution is 2.34. The summed E-state index contributed by atoms with van der Waals surface area (Å²) < 4.78 is 0. The SMILES string of the molecule is CN(C(=O)c1cccc(Cl)c1)C(CN)C1CC1. The first kappa shape index (κ1) is 12.4. The molecular weight excluding hydrogens is 236 g/mol. The largest absolute Gasteiger partial charge is 0.337 e. The van der Waals surface area contributed by atoms with Crippen LogP contribution in [0.5, 0.6) is 0 Å². The van der Waals surface area contributed by atoms with Crippen molar-refractivity contribution in [3.8, 4) is 0 Å². The van der Waals surface area contributed by atoms with Crippen LogP contribution in [0.25, 0.3) is 0 Å². The van der Waals surface area contributed by atoms with Crippen molar-refractivity contribution in [3.05, 3.63) is 34.9 Å². The summed E-state index contributed by atoms with van der Waals surface area (Å²) in [6.45, 7) is 0.521. The summed E-state index contributed by atoms with van der Waals surface area (Å²) in [5, 5.41) is 0.583. The topological polar surface area (TPSA) is 46.3 Å². The lowest BCUT2D eigenvalue weighted by atomic mass is 10.1. The smallest absolute Gasteiger partial charge is 0.253 e. The Morgan fingerprint density at radius 3 is 2.82 bits per heavy atom. The molecule has 0 heterocycles. The van der Waals surface area contributed by atoms with Gasteiger partial charge >= 0.3 is 0 Å². The zero-order valence-corrected chi connectivity index (χ0v) is 10.7. The number of hydrogen-bond donors (Lipinski definition) is 1. The van der Waals surface area contributed by atoms with E-state index in [1.54, 1.807) is 29.2 Å². The molecule has 92 valence electrons. The van der Waals surface area contributed by atoms with Crippen LogP contribution in [0, 0.1) is 5.92 Å². The molecule has 0 aromatic heterocycles. The van der Waals surface area contributed by atoms with Crippen molar-refractivity contribution >= 4 is 17.5 Å². The minimum atomic E-state index is -0.00477. The Morgan fingerprint density at radius 1 is 1.59 bits per heavy atom. The Kier molecular flexibility index (Phi) is 3.69. The first-order valence-electron chi connectivity index (χ1n) is 5.86. The fourth-order valence-electron chi connectivity index (χ4n) is 2.12.